The smallest absolute Gasteiger partial charge is 0.389 e. The number of H-pyrrole nitrogens is 1. The molecule has 5 nitrogen and oxygen atoms in total. The van der Waals surface area contributed by atoms with E-state index in [-0.39, 0.29) is 23.9 Å². The van der Waals surface area contributed by atoms with Gasteiger partial charge in [0.05, 0.1) is 12.7 Å². The van der Waals surface area contributed by atoms with Crippen LogP contribution in [0.3, 0.4) is 0 Å². The molecule has 2 unspecified atom stereocenters. The number of methoxy groups -OCH3 is 1. The van der Waals surface area contributed by atoms with Crippen LogP contribution < -0.4 is 4.74 Å². The van der Waals surface area contributed by atoms with E-state index in [9.17, 15) is 23.1 Å². The second kappa shape index (κ2) is 9.70. The van der Waals surface area contributed by atoms with Gasteiger partial charge in [-0.3, -0.25) is 4.90 Å². The van der Waals surface area contributed by atoms with Crippen molar-refractivity contribution in [2.24, 2.45) is 5.92 Å². The maximum atomic E-state index is 12.9. The van der Waals surface area contributed by atoms with Crippen LogP contribution in [0.4, 0.5) is 13.2 Å². The molecule has 0 aliphatic carbocycles. The monoisotopic (exact) mass is 474 g/mol. The van der Waals surface area contributed by atoms with Crippen LogP contribution in [0.5, 0.6) is 5.75 Å². The SMILES string of the molecule is COc1cc(C)c2[nH]ccc2c1CN1CCC(CCC(F)(F)F)CC1c1ccc(C(=O)O)cc1. The van der Waals surface area contributed by atoms with Crippen molar-refractivity contribution in [3.63, 3.8) is 0 Å². The first kappa shape index (κ1) is 24.1. The number of aryl methyl sites for hydroxylation is 1. The van der Waals surface area contributed by atoms with Gasteiger partial charge in [-0.2, -0.15) is 13.2 Å². The predicted octanol–water partition coefficient (Wildman–Crippen LogP) is 6.48. The number of alkyl halides is 3. The quantitative estimate of drug-likeness (QED) is 0.411. The lowest BCUT2D eigenvalue weighted by Crippen LogP contribution is -2.37. The first-order valence-corrected chi connectivity index (χ1v) is 11.4. The van der Waals surface area contributed by atoms with E-state index in [4.69, 9.17) is 4.74 Å². The predicted molar refractivity (Wildman–Crippen MR) is 124 cm³/mol. The fourth-order valence-corrected chi connectivity index (χ4v) is 5.08. The Morgan fingerprint density at radius 3 is 2.62 bits per heavy atom. The maximum Gasteiger partial charge on any atom is 0.389 e. The Hall–Kier alpha value is -3.00. The Balaban J connectivity index is 1.65. The molecule has 0 radical (unpaired) electrons. The molecular weight excluding hydrogens is 445 g/mol. The van der Waals surface area contributed by atoms with Gasteiger partial charge in [-0.25, -0.2) is 4.79 Å². The van der Waals surface area contributed by atoms with Gasteiger partial charge in [-0.1, -0.05) is 12.1 Å². The van der Waals surface area contributed by atoms with Crippen molar-refractivity contribution < 1.29 is 27.8 Å². The Morgan fingerprint density at radius 1 is 1.24 bits per heavy atom. The second-order valence-corrected chi connectivity index (χ2v) is 9.10. The third-order valence-electron chi connectivity index (χ3n) is 6.89. The zero-order valence-electron chi connectivity index (χ0n) is 19.3. The van der Waals surface area contributed by atoms with Gasteiger partial charge in [0.25, 0.3) is 0 Å². The zero-order valence-corrected chi connectivity index (χ0v) is 19.3. The molecule has 1 saturated heterocycles. The fraction of sp³-hybridized carbons (Fsp3) is 0.423. The summed E-state index contributed by atoms with van der Waals surface area (Å²) in [6.45, 7) is 3.25. The van der Waals surface area contributed by atoms with Gasteiger partial charge in [-0.05, 0) is 74.0 Å². The van der Waals surface area contributed by atoms with Gasteiger partial charge in [0.15, 0.2) is 0 Å². The Labute approximate surface area is 196 Å². The number of aromatic amines is 1. The molecule has 3 aromatic rings. The Morgan fingerprint density at radius 2 is 1.97 bits per heavy atom. The van der Waals surface area contributed by atoms with Crippen LogP contribution in [0.1, 0.15) is 58.8 Å². The van der Waals surface area contributed by atoms with Crippen molar-refractivity contribution in [1.29, 1.82) is 0 Å². The summed E-state index contributed by atoms with van der Waals surface area (Å²) in [4.78, 5) is 16.8. The molecule has 182 valence electrons. The number of ether oxygens (including phenoxy) is 1. The van der Waals surface area contributed by atoms with Crippen molar-refractivity contribution in [3.8, 4) is 5.75 Å². The number of fused-ring (bicyclic) bond motifs is 1. The number of piperidine rings is 1. The molecule has 4 rings (SSSR count). The molecule has 1 fully saturated rings. The minimum absolute atomic E-state index is 0.0470. The second-order valence-electron chi connectivity index (χ2n) is 9.10. The average molecular weight is 475 g/mol. The number of nitrogens with zero attached hydrogens (tertiary/aromatic N) is 1. The van der Waals surface area contributed by atoms with E-state index < -0.39 is 18.6 Å². The van der Waals surface area contributed by atoms with E-state index in [0.29, 0.717) is 25.9 Å². The zero-order chi connectivity index (χ0) is 24.5. The highest BCUT2D eigenvalue weighted by Gasteiger charge is 2.34. The maximum absolute atomic E-state index is 12.9. The number of rotatable bonds is 7. The molecular formula is C26H29F3N2O3. The number of benzene rings is 2. The van der Waals surface area contributed by atoms with Crippen molar-refractivity contribution in [3.05, 3.63) is 64.8 Å². The van der Waals surface area contributed by atoms with Crippen molar-refractivity contribution in [1.82, 2.24) is 9.88 Å². The molecule has 0 saturated carbocycles. The van der Waals surface area contributed by atoms with Crippen molar-refractivity contribution >= 4 is 16.9 Å². The van der Waals surface area contributed by atoms with Gasteiger partial charge in [0, 0.05) is 41.7 Å². The summed E-state index contributed by atoms with van der Waals surface area (Å²) >= 11 is 0. The van der Waals surface area contributed by atoms with Gasteiger partial charge in [0.1, 0.15) is 5.75 Å². The minimum Gasteiger partial charge on any atom is -0.496 e. The summed E-state index contributed by atoms with van der Waals surface area (Å²) in [5.41, 5.74) is 4.25. The van der Waals surface area contributed by atoms with Gasteiger partial charge >= 0.3 is 12.1 Å². The van der Waals surface area contributed by atoms with E-state index >= 15 is 0 Å². The van der Waals surface area contributed by atoms with Crippen LogP contribution in [-0.2, 0) is 6.54 Å². The number of likely N-dealkylation sites (tertiary alicyclic amines) is 1. The van der Waals surface area contributed by atoms with Crippen LogP contribution in [0.25, 0.3) is 10.9 Å². The van der Waals surface area contributed by atoms with Crippen LogP contribution in [0.15, 0.2) is 42.6 Å². The van der Waals surface area contributed by atoms with Crippen LogP contribution in [-0.4, -0.2) is 40.8 Å². The third-order valence-corrected chi connectivity index (χ3v) is 6.89. The van der Waals surface area contributed by atoms with E-state index in [1.165, 1.54) is 0 Å². The Kier molecular flexibility index (Phi) is 6.89. The molecule has 34 heavy (non-hydrogen) atoms. The third kappa shape index (κ3) is 5.22. The van der Waals surface area contributed by atoms with Crippen LogP contribution >= 0.6 is 0 Å². The minimum atomic E-state index is -4.16. The summed E-state index contributed by atoms with van der Waals surface area (Å²) in [5.74, 6) is -0.271. The molecule has 0 bridgehead atoms. The van der Waals surface area contributed by atoms with Gasteiger partial charge in [-0.15, -0.1) is 0 Å². The summed E-state index contributed by atoms with van der Waals surface area (Å²) in [5, 5.41) is 10.3. The fourth-order valence-electron chi connectivity index (χ4n) is 5.08. The summed E-state index contributed by atoms with van der Waals surface area (Å²) < 4.78 is 44.3. The highest BCUT2D eigenvalue weighted by molar-refractivity contribution is 5.88. The standard InChI is InChI=1S/C26H29F3N2O3/c1-16-13-23(34-2)21(20-8-11-30-24(16)20)15-31-12-9-17(7-10-26(27,28)29)14-22(31)18-3-5-19(6-4-18)25(32)33/h3-6,8,11,13,17,22,30H,7,9-10,12,14-15H2,1-2H3,(H,32,33). The number of carboxylic acid groups (broad SMARTS) is 1. The summed E-state index contributed by atoms with van der Waals surface area (Å²) in [7, 11) is 1.64. The molecule has 1 aliphatic heterocycles. The number of carboxylic acids is 1. The highest BCUT2D eigenvalue weighted by atomic mass is 19.4. The molecule has 2 heterocycles. The largest absolute Gasteiger partial charge is 0.496 e. The molecule has 2 atom stereocenters. The van der Waals surface area contributed by atoms with Crippen LogP contribution in [0, 0.1) is 12.8 Å². The normalized spacial score (nSPS) is 19.4. The van der Waals surface area contributed by atoms with Crippen molar-refractivity contribution in [2.45, 2.75) is 51.4 Å². The van der Waals surface area contributed by atoms with Crippen LogP contribution in [0.2, 0.25) is 0 Å². The lowest BCUT2D eigenvalue weighted by atomic mass is 9.84. The van der Waals surface area contributed by atoms with Gasteiger partial charge < -0.3 is 14.8 Å². The van der Waals surface area contributed by atoms with Gasteiger partial charge in [0.2, 0.25) is 0 Å². The summed E-state index contributed by atoms with van der Waals surface area (Å²) in [6, 6.07) is 10.6. The number of aromatic nitrogens is 1. The average Bonchev–Trinajstić information content (AvgIpc) is 3.30. The van der Waals surface area contributed by atoms with E-state index in [2.05, 4.69) is 9.88 Å². The number of nitrogens with one attached hydrogen (secondary N) is 1. The lowest BCUT2D eigenvalue weighted by Gasteiger charge is -2.40. The van der Waals surface area contributed by atoms with E-state index in [0.717, 1.165) is 33.3 Å². The molecule has 0 amide bonds. The number of hydrogen-bond donors (Lipinski definition) is 2. The first-order chi connectivity index (χ1) is 16.2. The molecule has 0 spiro atoms. The highest BCUT2D eigenvalue weighted by Crippen LogP contribution is 2.41. The van der Waals surface area contributed by atoms with Crippen molar-refractivity contribution in [2.75, 3.05) is 13.7 Å². The lowest BCUT2D eigenvalue weighted by molar-refractivity contribution is -0.138. The molecule has 2 N–H and O–H groups in total. The number of carbonyl (C=O) groups is 1. The number of hydrogen-bond acceptors (Lipinski definition) is 3. The summed E-state index contributed by atoms with van der Waals surface area (Å²) in [6.07, 6.45) is -1.66. The molecule has 2 aromatic carbocycles. The number of halogens is 3. The van der Waals surface area contributed by atoms with E-state index in [1.807, 2.05) is 25.3 Å². The molecule has 1 aliphatic rings. The Bertz CT molecular complexity index is 1150. The molecule has 8 heteroatoms. The topological polar surface area (TPSA) is 65.6 Å². The first-order valence-electron chi connectivity index (χ1n) is 11.4. The van der Waals surface area contributed by atoms with E-state index in [1.54, 1.807) is 31.4 Å². The molecule has 1 aromatic heterocycles. The number of aromatic carboxylic acids is 1.